The molecular formula is C35H45N7O6. The van der Waals surface area contributed by atoms with E-state index in [4.69, 9.17) is 9.47 Å². The molecule has 0 radical (unpaired) electrons. The predicted molar refractivity (Wildman–Crippen MR) is 180 cm³/mol. The molecule has 1 atom stereocenters. The minimum Gasteiger partial charge on any atom is -0.436 e. The number of ether oxygens (including phenoxy) is 2. The minimum atomic E-state index is -1.01. The van der Waals surface area contributed by atoms with E-state index in [1.54, 1.807) is 4.90 Å². The van der Waals surface area contributed by atoms with Crippen molar-refractivity contribution in [1.29, 1.82) is 0 Å². The lowest BCUT2D eigenvalue weighted by Crippen LogP contribution is -2.53. The van der Waals surface area contributed by atoms with Crippen molar-refractivity contribution in [3.63, 3.8) is 0 Å². The van der Waals surface area contributed by atoms with E-state index in [9.17, 15) is 19.2 Å². The Morgan fingerprint density at radius 2 is 1.60 bits per heavy atom. The van der Waals surface area contributed by atoms with Crippen LogP contribution >= 0.6 is 0 Å². The van der Waals surface area contributed by atoms with Crippen LogP contribution in [0.3, 0.4) is 0 Å². The number of likely N-dealkylation sites (tertiary alicyclic amines) is 2. The fourth-order valence-electron chi connectivity index (χ4n) is 7.80. The van der Waals surface area contributed by atoms with Crippen molar-refractivity contribution in [3.05, 3.63) is 63.6 Å². The number of nitrogens with zero attached hydrogens (tertiary/aromatic N) is 4. The fraction of sp³-hybridized carbons (Fsp3) is 0.543. The standard InChI is InChI=1S/C35H45N7O6/c1-23-20-24(21-29-31(23)38-33(44)36-29)22-30(32(43)40-11-7-26(8-12-40)39-16-18-47-19-17-39)48-35(46)41-13-9-27(10-14-41)42-15-6-25-4-2-3-5-28(25)37-34(42)45/h2-5,20-21,26-27,30H,6-19,22H2,1H3,(H,37,45)(H2,36,38,44). The number of hydrogen-bond donors (Lipinski definition) is 3. The van der Waals surface area contributed by atoms with Gasteiger partial charge < -0.3 is 39.5 Å². The molecule has 48 heavy (non-hydrogen) atoms. The van der Waals surface area contributed by atoms with Crippen LogP contribution in [0.15, 0.2) is 41.2 Å². The molecule has 0 spiro atoms. The first kappa shape index (κ1) is 32.2. The van der Waals surface area contributed by atoms with E-state index in [0.29, 0.717) is 57.1 Å². The predicted octanol–water partition coefficient (Wildman–Crippen LogP) is 3.09. The summed E-state index contributed by atoms with van der Waals surface area (Å²) in [7, 11) is 0. The van der Waals surface area contributed by atoms with Gasteiger partial charge in [0.25, 0.3) is 5.91 Å². The van der Waals surface area contributed by atoms with Gasteiger partial charge in [-0.3, -0.25) is 9.69 Å². The highest BCUT2D eigenvalue weighted by Gasteiger charge is 2.36. The van der Waals surface area contributed by atoms with Gasteiger partial charge in [-0.2, -0.15) is 0 Å². The molecule has 256 valence electrons. The van der Waals surface area contributed by atoms with Crippen LogP contribution in [0.2, 0.25) is 0 Å². The van der Waals surface area contributed by atoms with Crippen LogP contribution in [0.25, 0.3) is 11.0 Å². The fourth-order valence-corrected chi connectivity index (χ4v) is 7.80. The number of carbonyl (C=O) groups excluding carboxylic acids is 3. The summed E-state index contributed by atoms with van der Waals surface area (Å²) in [6.45, 7) is 7.90. The van der Waals surface area contributed by atoms with E-state index < -0.39 is 12.2 Å². The number of carbonyl (C=O) groups is 3. The number of aryl methyl sites for hydroxylation is 1. The van der Waals surface area contributed by atoms with Crippen LogP contribution in [0.5, 0.6) is 0 Å². The highest BCUT2D eigenvalue weighted by atomic mass is 16.6. The maximum Gasteiger partial charge on any atom is 0.410 e. The second-order valence-electron chi connectivity index (χ2n) is 13.4. The highest BCUT2D eigenvalue weighted by molar-refractivity contribution is 5.91. The largest absolute Gasteiger partial charge is 0.436 e. The number of fused-ring (bicyclic) bond motifs is 2. The molecule has 1 unspecified atom stereocenters. The highest BCUT2D eigenvalue weighted by Crippen LogP contribution is 2.26. The van der Waals surface area contributed by atoms with Crippen molar-refractivity contribution in [1.82, 2.24) is 29.6 Å². The van der Waals surface area contributed by atoms with Crippen molar-refractivity contribution in [2.24, 2.45) is 0 Å². The van der Waals surface area contributed by atoms with E-state index in [1.165, 1.54) is 0 Å². The molecule has 4 aliphatic heterocycles. The van der Waals surface area contributed by atoms with Crippen LogP contribution in [0.1, 0.15) is 42.4 Å². The first-order valence-electron chi connectivity index (χ1n) is 17.3. The van der Waals surface area contributed by atoms with E-state index in [0.717, 1.165) is 73.5 Å². The first-order valence-corrected chi connectivity index (χ1v) is 17.3. The number of aromatic amines is 2. The summed E-state index contributed by atoms with van der Waals surface area (Å²) in [5.74, 6) is -0.195. The smallest absolute Gasteiger partial charge is 0.410 e. The molecule has 0 saturated carbocycles. The Morgan fingerprint density at radius 3 is 2.38 bits per heavy atom. The first-order chi connectivity index (χ1) is 23.3. The Labute approximate surface area is 279 Å². The second kappa shape index (κ2) is 14.0. The lowest BCUT2D eigenvalue weighted by Gasteiger charge is -2.41. The van der Waals surface area contributed by atoms with Gasteiger partial charge in [0.1, 0.15) is 0 Å². The SMILES string of the molecule is Cc1cc(CC(OC(=O)N2CCC(N3CCc4ccccc4NC3=O)CC2)C(=O)N2CCC(N3CCOCC3)CC2)cc2[nH]c(=O)[nH]c12. The number of H-pyrrole nitrogens is 2. The summed E-state index contributed by atoms with van der Waals surface area (Å²) in [6, 6.07) is 12.0. The summed E-state index contributed by atoms with van der Waals surface area (Å²) in [6.07, 6.45) is 2.43. The van der Waals surface area contributed by atoms with Gasteiger partial charge in [-0.05, 0) is 67.9 Å². The summed E-state index contributed by atoms with van der Waals surface area (Å²) < 4.78 is 11.6. The third-order valence-corrected chi connectivity index (χ3v) is 10.5. The van der Waals surface area contributed by atoms with Gasteiger partial charge in [-0.1, -0.05) is 24.3 Å². The van der Waals surface area contributed by atoms with E-state index >= 15 is 0 Å². The van der Waals surface area contributed by atoms with Gasteiger partial charge in [-0.15, -0.1) is 0 Å². The van der Waals surface area contributed by atoms with Crippen LogP contribution in [0, 0.1) is 6.92 Å². The summed E-state index contributed by atoms with van der Waals surface area (Å²) in [5, 5.41) is 3.04. The number of para-hydroxylation sites is 1. The molecular weight excluding hydrogens is 614 g/mol. The molecule has 1 aromatic heterocycles. The maximum absolute atomic E-state index is 14.1. The molecule has 7 rings (SSSR count). The molecule has 5 heterocycles. The topological polar surface area (TPSA) is 143 Å². The number of anilines is 1. The number of piperidine rings is 2. The molecule has 2 aromatic carbocycles. The van der Waals surface area contributed by atoms with Crippen LogP contribution in [-0.2, 0) is 27.1 Å². The number of urea groups is 1. The lowest BCUT2D eigenvalue weighted by atomic mass is 10.00. The van der Waals surface area contributed by atoms with Crippen molar-refractivity contribution >= 4 is 34.8 Å². The zero-order valence-corrected chi connectivity index (χ0v) is 27.5. The Balaban J connectivity index is 1.01. The monoisotopic (exact) mass is 659 g/mol. The molecule has 13 heteroatoms. The number of morpholine rings is 1. The maximum atomic E-state index is 14.1. The minimum absolute atomic E-state index is 0.00626. The van der Waals surface area contributed by atoms with Gasteiger partial charge in [0.15, 0.2) is 6.10 Å². The van der Waals surface area contributed by atoms with Crippen molar-refractivity contribution in [3.8, 4) is 0 Å². The summed E-state index contributed by atoms with van der Waals surface area (Å²) in [4.78, 5) is 66.2. The number of amides is 4. The molecule has 3 aromatic rings. The second-order valence-corrected chi connectivity index (χ2v) is 13.4. The van der Waals surface area contributed by atoms with Gasteiger partial charge in [0.05, 0.1) is 24.2 Å². The van der Waals surface area contributed by atoms with E-state index in [-0.39, 0.29) is 30.1 Å². The average molecular weight is 660 g/mol. The molecule has 3 N–H and O–H groups in total. The normalized spacial score (nSPS) is 20.7. The zero-order valence-electron chi connectivity index (χ0n) is 27.5. The quantitative estimate of drug-likeness (QED) is 0.369. The number of rotatable bonds is 6. The number of aromatic nitrogens is 2. The molecule has 13 nitrogen and oxygen atoms in total. The van der Waals surface area contributed by atoms with Gasteiger partial charge >= 0.3 is 17.8 Å². The van der Waals surface area contributed by atoms with Crippen molar-refractivity contribution < 1.29 is 23.9 Å². The number of nitrogens with one attached hydrogen (secondary N) is 3. The van der Waals surface area contributed by atoms with Crippen LogP contribution in [-0.4, -0.2) is 125 Å². The third-order valence-electron chi connectivity index (χ3n) is 10.5. The van der Waals surface area contributed by atoms with Gasteiger partial charge in [0.2, 0.25) is 0 Å². The van der Waals surface area contributed by atoms with Crippen LogP contribution in [0.4, 0.5) is 15.3 Å². The lowest BCUT2D eigenvalue weighted by molar-refractivity contribution is -0.142. The number of benzene rings is 2. The number of hydrogen-bond acceptors (Lipinski definition) is 7. The Kier molecular flexibility index (Phi) is 9.40. The summed E-state index contributed by atoms with van der Waals surface area (Å²) in [5.41, 5.74) is 4.72. The Morgan fingerprint density at radius 1 is 0.896 bits per heavy atom. The van der Waals surface area contributed by atoms with E-state index in [2.05, 4.69) is 20.2 Å². The Hall–Kier alpha value is -4.36. The third kappa shape index (κ3) is 6.93. The van der Waals surface area contributed by atoms with Gasteiger partial charge in [-0.25, -0.2) is 14.4 Å². The molecule has 0 aliphatic carbocycles. The van der Waals surface area contributed by atoms with Crippen molar-refractivity contribution in [2.45, 2.75) is 63.6 Å². The van der Waals surface area contributed by atoms with Crippen LogP contribution < -0.4 is 11.0 Å². The average Bonchev–Trinajstić information content (AvgIpc) is 3.40. The zero-order chi connectivity index (χ0) is 33.2. The number of imidazole rings is 1. The Bertz CT molecular complexity index is 1700. The van der Waals surface area contributed by atoms with E-state index in [1.807, 2.05) is 53.1 Å². The van der Waals surface area contributed by atoms with Gasteiger partial charge in [0, 0.05) is 70.0 Å². The molecule has 0 bridgehead atoms. The molecule has 4 aliphatic rings. The molecule has 3 saturated heterocycles. The molecule has 3 fully saturated rings. The summed E-state index contributed by atoms with van der Waals surface area (Å²) >= 11 is 0. The molecule has 4 amide bonds. The van der Waals surface area contributed by atoms with Crippen molar-refractivity contribution in [2.75, 3.05) is 64.3 Å².